The maximum absolute atomic E-state index is 14.1. The van der Waals surface area contributed by atoms with Crippen LogP contribution in [0.25, 0.3) is 5.69 Å². The number of ether oxygens (including phenoxy) is 1. The quantitative estimate of drug-likeness (QED) is 0.539. The van der Waals surface area contributed by atoms with Crippen molar-refractivity contribution in [3.05, 3.63) is 71.8 Å². The maximum Gasteiger partial charge on any atom is 0.435 e. The van der Waals surface area contributed by atoms with Crippen LogP contribution in [0, 0.1) is 5.82 Å². The van der Waals surface area contributed by atoms with Crippen molar-refractivity contribution in [3.63, 3.8) is 0 Å². The number of carbonyl (C=O) groups is 1. The Morgan fingerprint density at radius 1 is 1.10 bits per heavy atom. The molecule has 0 saturated carbocycles. The van der Waals surface area contributed by atoms with Crippen LogP contribution in [-0.4, -0.2) is 28.8 Å². The van der Waals surface area contributed by atoms with Crippen molar-refractivity contribution in [1.29, 1.82) is 0 Å². The fraction of sp³-hybridized carbons (Fsp3) is 0.238. The summed E-state index contributed by atoms with van der Waals surface area (Å²) in [5, 5.41) is 3.51. The molecule has 0 bridgehead atoms. The molecule has 3 aromatic rings. The fourth-order valence-corrected chi connectivity index (χ4v) is 2.97. The van der Waals surface area contributed by atoms with Gasteiger partial charge >= 0.3 is 6.18 Å². The average Bonchev–Trinajstić information content (AvgIpc) is 3.19. The number of nitrogens with zero attached hydrogens (tertiary/aromatic N) is 3. The van der Waals surface area contributed by atoms with Crippen LogP contribution in [0.4, 0.5) is 23.2 Å². The predicted octanol–water partition coefficient (Wildman–Crippen LogP) is 5.09. The molecule has 0 radical (unpaired) electrons. The van der Waals surface area contributed by atoms with E-state index in [4.69, 9.17) is 4.74 Å². The van der Waals surface area contributed by atoms with Gasteiger partial charge in [-0.25, -0.2) is 9.07 Å². The third-order valence-electron chi connectivity index (χ3n) is 4.41. The molecule has 2 aromatic carbocycles. The minimum atomic E-state index is -4.54. The molecule has 5 nitrogen and oxygen atoms in total. The minimum absolute atomic E-state index is 0.0664. The summed E-state index contributed by atoms with van der Waals surface area (Å²) in [6, 6.07) is 10.8. The van der Waals surface area contributed by atoms with Crippen LogP contribution >= 0.6 is 0 Å². The van der Waals surface area contributed by atoms with Crippen LogP contribution in [0.1, 0.15) is 29.9 Å². The van der Waals surface area contributed by atoms with Gasteiger partial charge in [-0.05, 0) is 56.3 Å². The smallest absolute Gasteiger partial charge is 0.435 e. The number of benzene rings is 2. The van der Waals surface area contributed by atoms with Gasteiger partial charge < -0.3 is 9.64 Å². The van der Waals surface area contributed by atoms with Crippen molar-refractivity contribution in [2.45, 2.75) is 26.1 Å². The Morgan fingerprint density at radius 3 is 2.27 bits per heavy atom. The number of halogens is 4. The summed E-state index contributed by atoms with van der Waals surface area (Å²) in [7, 11) is 1.35. The Labute approximate surface area is 170 Å². The molecule has 0 unspecified atom stereocenters. The molecule has 0 aliphatic carbocycles. The van der Waals surface area contributed by atoms with Gasteiger partial charge in [0.1, 0.15) is 0 Å². The van der Waals surface area contributed by atoms with Crippen LogP contribution in [0.3, 0.4) is 0 Å². The zero-order valence-corrected chi connectivity index (χ0v) is 16.4. The monoisotopic (exact) mass is 421 g/mol. The van der Waals surface area contributed by atoms with Crippen LogP contribution in [0.5, 0.6) is 5.75 Å². The molecule has 1 amide bonds. The van der Waals surface area contributed by atoms with Gasteiger partial charge in [0.05, 0.1) is 12.8 Å². The molecular formula is C21H19F4N3O2. The highest BCUT2D eigenvalue weighted by atomic mass is 19.4. The second-order valence-electron chi connectivity index (χ2n) is 6.78. The van der Waals surface area contributed by atoms with Gasteiger partial charge in [-0.2, -0.15) is 18.3 Å². The van der Waals surface area contributed by atoms with E-state index in [0.29, 0.717) is 16.9 Å². The molecule has 0 atom stereocenters. The molecule has 3 rings (SSSR count). The fourth-order valence-electron chi connectivity index (χ4n) is 2.97. The van der Waals surface area contributed by atoms with Crippen LogP contribution in [0.15, 0.2) is 54.7 Å². The van der Waals surface area contributed by atoms with Crippen molar-refractivity contribution in [2.24, 2.45) is 0 Å². The zero-order valence-electron chi connectivity index (χ0n) is 16.4. The van der Waals surface area contributed by atoms with Gasteiger partial charge in [-0.1, -0.05) is 0 Å². The lowest BCUT2D eigenvalue weighted by molar-refractivity contribution is -0.141. The summed E-state index contributed by atoms with van der Waals surface area (Å²) in [4.78, 5) is 14.5. The number of aromatic nitrogens is 2. The highest BCUT2D eigenvalue weighted by molar-refractivity contribution is 6.06. The summed E-state index contributed by atoms with van der Waals surface area (Å²) in [6.07, 6.45) is -3.34. The lowest BCUT2D eigenvalue weighted by Crippen LogP contribution is -2.37. The Kier molecular flexibility index (Phi) is 5.82. The molecule has 0 aliphatic heterocycles. The first-order valence-electron chi connectivity index (χ1n) is 9.02. The molecular weight excluding hydrogens is 402 g/mol. The first-order chi connectivity index (χ1) is 14.1. The Balaban J connectivity index is 1.88. The van der Waals surface area contributed by atoms with E-state index >= 15 is 0 Å². The summed E-state index contributed by atoms with van der Waals surface area (Å²) in [5.74, 6) is -0.905. The highest BCUT2D eigenvalue weighted by Gasteiger charge is 2.33. The van der Waals surface area contributed by atoms with E-state index in [-0.39, 0.29) is 17.7 Å². The number of hydrogen-bond acceptors (Lipinski definition) is 3. The molecule has 0 aliphatic rings. The maximum atomic E-state index is 14.1. The molecule has 30 heavy (non-hydrogen) atoms. The second-order valence-corrected chi connectivity index (χ2v) is 6.78. The van der Waals surface area contributed by atoms with Crippen molar-refractivity contribution in [3.8, 4) is 11.4 Å². The molecule has 1 aromatic heterocycles. The van der Waals surface area contributed by atoms with Crippen molar-refractivity contribution >= 4 is 11.6 Å². The Bertz CT molecular complexity index is 1040. The number of rotatable bonds is 5. The normalized spacial score (nSPS) is 11.6. The second kappa shape index (κ2) is 8.17. The minimum Gasteiger partial charge on any atom is -0.494 e. The lowest BCUT2D eigenvalue weighted by Gasteiger charge is -2.27. The third-order valence-corrected chi connectivity index (χ3v) is 4.41. The summed E-state index contributed by atoms with van der Waals surface area (Å²) in [5.41, 5.74) is 0.0231. The van der Waals surface area contributed by atoms with Crippen molar-refractivity contribution in [1.82, 2.24) is 9.78 Å². The van der Waals surface area contributed by atoms with E-state index in [1.807, 2.05) is 0 Å². The molecule has 0 spiro atoms. The SMILES string of the molecule is COc1ccc(N(C(=O)c2ccc(-n3ccc(C(F)(F)F)n3)cc2)C(C)C)cc1F. The Morgan fingerprint density at radius 2 is 1.77 bits per heavy atom. The first-order valence-corrected chi connectivity index (χ1v) is 9.02. The van der Waals surface area contributed by atoms with Gasteiger partial charge in [-0.15, -0.1) is 0 Å². The number of carbonyl (C=O) groups excluding carboxylic acids is 1. The van der Waals surface area contributed by atoms with Crippen LogP contribution in [-0.2, 0) is 6.18 Å². The van der Waals surface area contributed by atoms with Gasteiger partial charge in [0.25, 0.3) is 5.91 Å². The molecule has 158 valence electrons. The number of hydrogen-bond donors (Lipinski definition) is 0. The summed E-state index contributed by atoms with van der Waals surface area (Å²) in [6.45, 7) is 3.58. The molecule has 1 heterocycles. The Hall–Kier alpha value is -3.36. The predicted molar refractivity (Wildman–Crippen MR) is 103 cm³/mol. The lowest BCUT2D eigenvalue weighted by atomic mass is 10.1. The van der Waals surface area contributed by atoms with Crippen LogP contribution in [0.2, 0.25) is 0 Å². The van der Waals surface area contributed by atoms with Crippen molar-refractivity contribution in [2.75, 3.05) is 12.0 Å². The number of methoxy groups -OCH3 is 1. The summed E-state index contributed by atoms with van der Waals surface area (Å²) >= 11 is 0. The zero-order chi connectivity index (χ0) is 22.1. The van der Waals surface area contributed by atoms with E-state index in [1.165, 1.54) is 54.6 Å². The third kappa shape index (κ3) is 4.29. The standard InChI is InChI=1S/C21H19F4N3O2/c1-13(2)28(16-8-9-18(30-3)17(22)12-16)20(29)14-4-6-15(7-5-14)27-11-10-19(26-27)21(23,24)25/h4-13H,1-3H3. The topological polar surface area (TPSA) is 47.4 Å². The van der Waals surface area contributed by atoms with E-state index < -0.39 is 17.7 Å². The largest absolute Gasteiger partial charge is 0.494 e. The van der Waals surface area contributed by atoms with E-state index in [0.717, 1.165) is 10.7 Å². The van der Waals surface area contributed by atoms with Gasteiger partial charge in [0.15, 0.2) is 17.3 Å². The average molecular weight is 421 g/mol. The van der Waals surface area contributed by atoms with Gasteiger partial charge in [0.2, 0.25) is 0 Å². The first kappa shape index (κ1) is 21.4. The number of amides is 1. The van der Waals surface area contributed by atoms with E-state index in [9.17, 15) is 22.4 Å². The van der Waals surface area contributed by atoms with E-state index in [1.54, 1.807) is 19.9 Å². The van der Waals surface area contributed by atoms with Gasteiger partial charge in [0, 0.05) is 29.6 Å². The molecule has 0 fully saturated rings. The summed E-state index contributed by atoms with van der Waals surface area (Å²) < 4.78 is 58.3. The molecule has 0 N–H and O–H groups in total. The number of anilines is 1. The van der Waals surface area contributed by atoms with Crippen LogP contribution < -0.4 is 9.64 Å². The highest BCUT2D eigenvalue weighted by Crippen LogP contribution is 2.29. The number of alkyl halides is 3. The van der Waals surface area contributed by atoms with Gasteiger partial charge in [-0.3, -0.25) is 4.79 Å². The van der Waals surface area contributed by atoms with Crippen molar-refractivity contribution < 1.29 is 27.1 Å². The molecule has 9 heteroatoms. The van der Waals surface area contributed by atoms with E-state index in [2.05, 4.69) is 5.10 Å². The molecule has 0 saturated heterocycles.